The van der Waals surface area contributed by atoms with E-state index in [1.54, 1.807) is 0 Å². The maximum absolute atomic E-state index is 10.9. The Hall–Kier alpha value is -1.89. The Balaban J connectivity index is 4.85. The molecule has 162 valence electrons. The highest BCUT2D eigenvalue weighted by Gasteiger charge is 2.26. The largest absolute Gasteiger partial charge is 0.550 e. The third kappa shape index (κ3) is 15.2. The minimum Gasteiger partial charge on any atom is -0.550 e. The molecular formula is C21H37NO6. The fourth-order valence-corrected chi connectivity index (χ4v) is 3.53. The third-order valence-corrected chi connectivity index (χ3v) is 4.97. The summed E-state index contributed by atoms with van der Waals surface area (Å²) in [5.74, 6) is -2.78. The molecule has 0 aliphatic rings. The summed E-state index contributed by atoms with van der Waals surface area (Å²) in [7, 11) is 0. The van der Waals surface area contributed by atoms with Gasteiger partial charge in [-0.15, -0.1) is 0 Å². The topological polar surface area (TPSA) is 115 Å². The van der Waals surface area contributed by atoms with Crippen LogP contribution in [-0.4, -0.2) is 58.8 Å². The van der Waals surface area contributed by atoms with Gasteiger partial charge in [0.1, 0.15) is 0 Å². The summed E-state index contributed by atoms with van der Waals surface area (Å²) in [4.78, 5) is 32.6. The normalized spacial score (nSPS) is 11.8. The van der Waals surface area contributed by atoms with Gasteiger partial charge in [-0.2, -0.15) is 0 Å². The average molecular weight is 400 g/mol. The van der Waals surface area contributed by atoms with E-state index in [2.05, 4.69) is 19.1 Å². The first kappa shape index (κ1) is 26.1. The predicted octanol–water partition coefficient (Wildman–Crippen LogP) is 2.59. The van der Waals surface area contributed by atoms with Crippen molar-refractivity contribution in [2.45, 2.75) is 77.6 Å². The molecule has 0 aromatic heterocycles. The van der Waals surface area contributed by atoms with E-state index >= 15 is 0 Å². The van der Waals surface area contributed by atoms with Crippen LogP contribution in [0.15, 0.2) is 12.2 Å². The Morgan fingerprint density at radius 1 is 0.750 bits per heavy atom. The van der Waals surface area contributed by atoms with Crippen molar-refractivity contribution in [3.8, 4) is 0 Å². The second-order valence-electron chi connectivity index (χ2n) is 7.44. The standard InChI is InChI=1S/C21H37NO6/c1-2-3-4-5-6-7-8-15-22(16-9-12-19(23)24,17-10-13-20(25)26)18-11-14-21(27)28/h3-4H,2,5-18H2,1H3,(H2-,23,24,25,26,27,28)/b4-3+. The number of carbonyl (C=O) groups is 3. The molecule has 0 aromatic rings. The van der Waals surface area contributed by atoms with Crippen LogP contribution in [0.2, 0.25) is 0 Å². The van der Waals surface area contributed by atoms with E-state index in [-0.39, 0.29) is 19.3 Å². The van der Waals surface area contributed by atoms with Gasteiger partial charge in [0.05, 0.1) is 39.0 Å². The molecule has 0 aliphatic heterocycles. The molecule has 0 atom stereocenters. The monoisotopic (exact) mass is 399 g/mol. The molecule has 0 fully saturated rings. The van der Waals surface area contributed by atoms with E-state index in [1.165, 1.54) is 0 Å². The van der Waals surface area contributed by atoms with Gasteiger partial charge in [-0.05, 0) is 38.5 Å². The molecule has 2 N–H and O–H groups in total. The summed E-state index contributed by atoms with van der Waals surface area (Å²) in [6.07, 6.45) is 11.1. The van der Waals surface area contributed by atoms with Crippen molar-refractivity contribution in [3.05, 3.63) is 12.2 Å². The molecule has 0 radical (unpaired) electrons. The molecular weight excluding hydrogens is 362 g/mol. The Labute approximate surface area is 168 Å². The van der Waals surface area contributed by atoms with Gasteiger partial charge in [-0.25, -0.2) is 0 Å². The zero-order valence-electron chi connectivity index (χ0n) is 17.2. The lowest BCUT2D eigenvalue weighted by atomic mass is 10.1. The number of unbranched alkanes of at least 4 members (excludes halogenated alkanes) is 3. The van der Waals surface area contributed by atoms with Gasteiger partial charge in [0.2, 0.25) is 0 Å². The van der Waals surface area contributed by atoms with Gasteiger partial charge in [0.15, 0.2) is 0 Å². The molecule has 0 spiro atoms. The molecule has 7 nitrogen and oxygen atoms in total. The highest BCUT2D eigenvalue weighted by molar-refractivity contribution is 5.66. The molecule has 0 aliphatic carbocycles. The number of carboxylic acids is 3. The van der Waals surface area contributed by atoms with Crippen LogP contribution in [0.4, 0.5) is 0 Å². The summed E-state index contributed by atoms with van der Waals surface area (Å²) < 4.78 is 0.596. The SMILES string of the molecule is CC/C=C/CCCCC[N+](CCCC(=O)[O-])(CCCC(=O)O)CCCC(=O)O. The van der Waals surface area contributed by atoms with Crippen LogP contribution in [0.1, 0.15) is 77.6 Å². The van der Waals surface area contributed by atoms with E-state index in [9.17, 15) is 19.5 Å². The van der Waals surface area contributed by atoms with E-state index in [0.29, 0.717) is 43.4 Å². The lowest BCUT2D eigenvalue weighted by Gasteiger charge is -2.39. The number of nitrogens with zero attached hydrogens (tertiary/aromatic N) is 1. The first-order chi connectivity index (χ1) is 13.3. The predicted molar refractivity (Wildman–Crippen MR) is 106 cm³/mol. The van der Waals surface area contributed by atoms with Gasteiger partial charge in [0.25, 0.3) is 0 Å². The van der Waals surface area contributed by atoms with Crippen molar-refractivity contribution in [2.24, 2.45) is 0 Å². The molecule has 7 heteroatoms. The highest BCUT2D eigenvalue weighted by Crippen LogP contribution is 2.18. The summed E-state index contributed by atoms with van der Waals surface area (Å²) in [5.41, 5.74) is 0. The molecule has 0 saturated heterocycles. The van der Waals surface area contributed by atoms with Gasteiger partial charge < -0.3 is 24.6 Å². The van der Waals surface area contributed by atoms with Gasteiger partial charge in [-0.1, -0.05) is 19.1 Å². The highest BCUT2D eigenvalue weighted by atomic mass is 16.4. The molecule has 0 bridgehead atoms. The number of quaternary nitrogens is 1. The number of carboxylic acid groups (broad SMARTS) is 3. The van der Waals surface area contributed by atoms with E-state index in [4.69, 9.17) is 10.2 Å². The fraction of sp³-hybridized carbons (Fsp3) is 0.762. The average Bonchev–Trinajstić information content (AvgIpc) is 2.60. The summed E-state index contributed by atoms with van der Waals surface area (Å²) in [6, 6.07) is 0. The summed E-state index contributed by atoms with van der Waals surface area (Å²) in [6.45, 7) is 4.80. The molecule has 0 aromatic carbocycles. The van der Waals surface area contributed by atoms with Crippen molar-refractivity contribution >= 4 is 17.9 Å². The maximum atomic E-state index is 10.9. The van der Waals surface area contributed by atoms with Crippen molar-refractivity contribution in [1.29, 1.82) is 0 Å². The number of carbonyl (C=O) groups excluding carboxylic acids is 1. The number of rotatable bonds is 19. The molecule has 0 saturated carbocycles. The number of hydrogen-bond acceptors (Lipinski definition) is 4. The molecule has 28 heavy (non-hydrogen) atoms. The Morgan fingerprint density at radius 2 is 1.25 bits per heavy atom. The smallest absolute Gasteiger partial charge is 0.303 e. The summed E-state index contributed by atoms with van der Waals surface area (Å²) in [5, 5.41) is 28.7. The van der Waals surface area contributed by atoms with E-state index < -0.39 is 17.9 Å². The van der Waals surface area contributed by atoms with E-state index in [0.717, 1.165) is 38.6 Å². The fourth-order valence-electron chi connectivity index (χ4n) is 3.53. The van der Waals surface area contributed by atoms with Gasteiger partial charge in [-0.3, -0.25) is 9.59 Å². The van der Waals surface area contributed by atoms with Crippen molar-refractivity contribution in [2.75, 3.05) is 26.2 Å². The Kier molecular flexibility index (Phi) is 15.0. The number of allylic oxidation sites excluding steroid dienone is 2. The van der Waals surface area contributed by atoms with Crippen LogP contribution in [0, 0.1) is 0 Å². The summed E-state index contributed by atoms with van der Waals surface area (Å²) >= 11 is 0. The van der Waals surface area contributed by atoms with Crippen LogP contribution in [-0.2, 0) is 14.4 Å². The van der Waals surface area contributed by atoms with Crippen LogP contribution >= 0.6 is 0 Å². The lowest BCUT2D eigenvalue weighted by Crippen LogP contribution is -2.51. The quantitative estimate of drug-likeness (QED) is 0.196. The number of aliphatic carboxylic acids is 3. The van der Waals surface area contributed by atoms with Crippen LogP contribution in [0.5, 0.6) is 0 Å². The molecule has 0 rings (SSSR count). The first-order valence-electron chi connectivity index (χ1n) is 10.4. The lowest BCUT2D eigenvalue weighted by molar-refractivity contribution is -0.929. The van der Waals surface area contributed by atoms with Gasteiger partial charge in [0, 0.05) is 25.2 Å². The van der Waals surface area contributed by atoms with Crippen LogP contribution < -0.4 is 5.11 Å². The second kappa shape index (κ2) is 16.1. The molecule has 0 amide bonds. The zero-order valence-corrected chi connectivity index (χ0v) is 17.2. The zero-order chi connectivity index (χ0) is 21.3. The number of hydrogen-bond donors (Lipinski definition) is 2. The van der Waals surface area contributed by atoms with Crippen molar-refractivity contribution < 1.29 is 34.2 Å². The molecule has 0 heterocycles. The first-order valence-corrected chi connectivity index (χ1v) is 10.4. The van der Waals surface area contributed by atoms with E-state index in [1.807, 2.05) is 0 Å². The van der Waals surface area contributed by atoms with Crippen LogP contribution in [0.3, 0.4) is 0 Å². The van der Waals surface area contributed by atoms with Crippen LogP contribution in [0.25, 0.3) is 0 Å². The van der Waals surface area contributed by atoms with Crippen molar-refractivity contribution in [1.82, 2.24) is 0 Å². The third-order valence-electron chi connectivity index (χ3n) is 4.97. The maximum Gasteiger partial charge on any atom is 0.303 e. The minimum absolute atomic E-state index is 0.0281. The van der Waals surface area contributed by atoms with Crippen molar-refractivity contribution in [3.63, 3.8) is 0 Å². The Bertz CT molecular complexity index is 439. The Morgan fingerprint density at radius 3 is 1.71 bits per heavy atom. The minimum atomic E-state index is -1.09. The second-order valence-corrected chi connectivity index (χ2v) is 7.44. The molecule has 0 unspecified atom stereocenters. The van der Waals surface area contributed by atoms with Gasteiger partial charge >= 0.3 is 11.9 Å².